The SMILES string of the molecule is CCCCC(NC(=O)C1CCC2C(C3CCCC3)=C(C3=CSCC3)N(C)C2C1)C1NC2=C(CC(CCC(=O)O)C=C2)N1. The van der Waals surface area contributed by atoms with Gasteiger partial charge in [0.15, 0.2) is 0 Å². The van der Waals surface area contributed by atoms with Crippen LogP contribution < -0.4 is 16.0 Å². The van der Waals surface area contributed by atoms with Crippen LogP contribution in [-0.4, -0.2) is 52.9 Å². The molecule has 0 aromatic carbocycles. The van der Waals surface area contributed by atoms with E-state index in [2.05, 4.69) is 52.4 Å². The van der Waals surface area contributed by atoms with Gasteiger partial charge in [-0.1, -0.05) is 38.7 Å². The van der Waals surface area contributed by atoms with Crippen molar-refractivity contribution in [2.24, 2.45) is 23.7 Å². The van der Waals surface area contributed by atoms with E-state index in [0.29, 0.717) is 18.4 Å². The third-order valence-electron chi connectivity index (χ3n) is 10.8. The number of carboxylic acid groups (broad SMARTS) is 1. The minimum atomic E-state index is -0.741. The maximum absolute atomic E-state index is 13.9. The number of hydrogen-bond acceptors (Lipinski definition) is 6. The van der Waals surface area contributed by atoms with Gasteiger partial charge in [0.25, 0.3) is 0 Å². The average molecular weight is 595 g/mol. The van der Waals surface area contributed by atoms with Crippen LogP contribution in [0.4, 0.5) is 0 Å². The largest absolute Gasteiger partial charge is 0.481 e. The smallest absolute Gasteiger partial charge is 0.303 e. The summed E-state index contributed by atoms with van der Waals surface area (Å²) in [6.07, 6.45) is 18.6. The third-order valence-corrected chi connectivity index (χ3v) is 11.7. The number of allylic oxidation sites excluding steroid dienone is 4. The Bertz CT molecular complexity index is 1170. The van der Waals surface area contributed by atoms with Gasteiger partial charge in [-0.05, 0) is 92.3 Å². The predicted octanol–water partition coefficient (Wildman–Crippen LogP) is 6.03. The lowest BCUT2D eigenvalue weighted by atomic mass is 9.72. The standard InChI is InChI=1S/C34H50N4O3S/c1-3-4-9-27(33-35-26-14-10-21(11-15-30(39)40)18-28(26)36-33)37-34(41)23-12-13-25-29(19-23)38(2)32(24-16-17-42-20-24)31(25)22-7-5-6-8-22/h10,14,20-23,25,27,29,33,35-36H,3-9,11-13,15-19H2,1-2H3,(H,37,41)(H,39,40). The highest BCUT2D eigenvalue weighted by molar-refractivity contribution is 8.02. The van der Waals surface area contributed by atoms with E-state index in [-0.39, 0.29) is 36.4 Å². The first-order valence-corrected chi connectivity index (χ1v) is 17.7. The van der Waals surface area contributed by atoms with Gasteiger partial charge in [-0.2, -0.15) is 0 Å². The second-order valence-electron chi connectivity index (χ2n) is 13.5. The van der Waals surface area contributed by atoms with Gasteiger partial charge in [0, 0.05) is 48.5 Å². The lowest BCUT2D eigenvalue weighted by Crippen LogP contribution is -2.55. The number of aliphatic carboxylic acids is 1. The van der Waals surface area contributed by atoms with Crippen LogP contribution in [0.5, 0.6) is 0 Å². The first kappa shape index (κ1) is 29.7. The van der Waals surface area contributed by atoms with Gasteiger partial charge < -0.3 is 26.0 Å². The van der Waals surface area contributed by atoms with Crippen molar-refractivity contribution < 1.29 is 14.7 Å². The topological polar surface area (TPSA) is 93.7 Å². The molecule has 0 aromatic rings. The molecule has 7 nitrogen and oxygen atoms in total. The molecule has 6 rings (SSSR count). The number of rotatable bonds is 11. The zero-order valence-corrected chi connectivity index (χ0v) is 26.3. The molecule has 2 fully saturated rings. The van der Waals surface area contributed by atoms with Crippen molar-refractivity contribution in [3.05, 3.63) is 45.8 Å². The number of hydrogen-bond donors (Lipinski definition) is 4. The zero-order valence-electron chi connectivity index (χ0n) is 25.5. The normalized spacial score (nSPS) is 31.5. The summed E-state index contributed by atoms with van der Waals surface area (Å²) in [6, 6.07) is 0.446. The Morgan fingerprint density at radius 2 is 2.02 bits per heavy atom. The molecule has 0 radical (unpaired) electrons. The van der Waals surface area contributed by atoms with Gasteiger partial charge in [0.1, 0.15) is 6.17 Å². The summed E-state index contributed by atoms with van der Waals surface area (Å²) in [4.78, 5) is 27.6. The first-order chi connectivity index (χ1) is 20.4. The first-order valence-electron chi connectivity index (χ1n) is 16.7. The number of carbonyl (C=O) groups is 2. The number of fused-ring (bicyclic) bond motifs is 1. The summed E-state index contributed by atoms with van der Waals surface area (Å²) in [6.45, 7) is 2.20. The summed E-state index contributed by atoms with van der Waals surface area (Å²) in [5.74, 6) is 2.32. The summed E-state index contributed by atoms with van der Waals surface area (Å²) in [5, 5.41) is 22.3. The van der Waals surface area contributed by atoms with Crippen LogP contribution in [0.1, 0.15) is 96.8 Å². The summed E-state index contributed by atoms with van der Waals surface area (Å²) in [5.41, 5.74) is 7.09. The van der Waals surface area contributed by atoms with E-state index in [9.17, 15) is 9.59 Å². The molecule has 0 aromatic heterocycles. The van der Waals surface area contributed by atoms with Gasteiger partial charge in [0.2, 0.25) is 5.91 Å². The van der Waals surface area contributed by atoms with Gasteiger partial charge in [-0.15, -0.1) is 11.8 Å². The number of nitrogens with one attached hydrogen (secondary N) is 3. The fraction of sp³-hybridized carbons (Fsp3) is 0.706. The van der Waals surface area contributed by atoms with Crippen LogP contribution >= 0.6 is 11.8 Å². The van der Waals surface area contributed by atoms with Crippen molar-refractivity contribution in [1.82, 2.24) is 20.9 Å². The summed E-state index contributed by atoms with van der Waals surface area (Å²) < 4.78 is 0. The van der Waals surface area contributed by atoms with Crippen LogP contribution in [0.3, 0.4) is 0 Å². The van der Waals surface area contributed by atoms with E-state index in [4.69, 9.17) is 5.11 Å². The Balaban J connectivity index is 1.10. The number of likely N-dealkylation sites (N-methyl/N-ethyl adjacent to an activating group) is 1. The second kappa shape index (κ2) is 13.1. The van der Waals surface area contributed by atoms with Crippen LogP contribution in [0.15, 0.2) is 45.8 Å². The van der Waals surface area contributed by atoms with E-state index in [1.807, 2.05) is 11.8 Å². The Kier molecular flexibility index (Phi) is 9.27. The molecule has 4 N–H and O–H groups in total. The lowest BCUT2D eigenvalue weighted by molar-refractivity contribution is -0.137. The summed E-state index contributed by atoms with van der Waals surface area (Å²) in [7, 11) is 2.31. The minimum absolute atomic E-state index is 0.0105. The van der Waals surface area contributed by atoms with Crippen molar-refractivity contribution in [2.75, 3.05) is 12.8 Å². The molecule has 6 aliphatic rings. The van der Waals surface area contributed by atoms with Crippen LogP contribution in [-0.2, 0) is 9.59 Å². The van der Waals surface area contributed by atoms with E-state index < -0.39 is 5.97 Å². The average Bonchev–Trinajstić information content (AvgIpc) is 3.80. The van der Waals surface area contributed by atoms with E-state index in [1.54, 1.807) is 16.8 Å². The van der Waals surface area contributed by atoms with Crippen molar-refractivity contribution in [3.63, 3.8) is 0 Å². The molecule has 0 saturated heterocycles. The van der Waals surface area contributed by atoms with Gasteiger partial charge in [-0.25, -0.2) is 0 Å². The summed E-state index contributed by atoms with van der Waals surface area (Å²) >= 11 is 1.96. The van der Waals surface area contributed by atoms with E-state index >= 15 is 0 Å². The van der Waals surface area contributed by atoms with Gasteiger partial charge in [0.05, 0.1) is 11.7 Å². The number of carboxylic acids is 1. The van der Waals surface area contributed by atoms with Crippen LogP contribution in [0, 0.1) is 23.7 Å². The molecular weight excluding hydrogens is 544 g/mol. The molecule has 6 unspecified atom stereocenters. The molecular formula is C34H50N4O3S. The van der Waals surface area contributed by atoms with Gasteiger partial charge in [-0.3, -0.25) is 9.59 Å². The monoisotopic (exact) mass is 594 g/mol. The van der Waals surface area contributed by atoms with E-state index in [0.717, 1.165) is 62.3 Å². The molecule has 6 atom stereocenters. The number of amides is 1. The highest BCUT2D eigenvalue weighted by atomic mass is 32.2. The van der Waals surface area contributed by atoms with Crippen LogP contribution in [0.2, 0.25) is 0 Å². The van der Waals surface area contributed by atoms with Crippen LogP contribution in [0.25, 0.3) is 0 Å². The Morgan fingerprint density at radius 3 is 2.76 bits per heavy atom. The minimum Gasteiger partial charge on any atom is -0.481 e. The molecule has 3 aliphatic heterocycles. The Morgan fingerprint density at radius 1 is 1.19 bits per heavy atom. The van der Waals surface area contributed by atoms with Crippen molar-refractivity contribution in [1.29, 1.82) is 0 Å². The fourth-order valence-electron chi connectivity index (χ4n) is 8.62. The van der Waals surface area contributed by atoms with Crippen molar-refractivity contribution in [3.8, 4) is 0 Å². The second-order valence-corrected chi connectivity index (χ2v) is 14.5. The maximum Gasteiger partial charge on any atom is 0.303 e. The van der Waals surface area contributed by atoms with E-state index in [1.165, 1.54) is 37.9 Å². The zero-order chi connectivity index (χ0) is 29.2. The highest BCUT2D eigenvalue weighted by Gasteiger charge is 2.47. The molecule has 0 spiro atoms. The Labute approximate surface area is 256 Å². The maximum atomic E-state index is 13.9. The number of unbranched alkanes of at least 4 members (excludes halogenated alkanes) is 1. The predicted molar refractivity (Wildman–Crippen MR) is 169 cm³/mol. The Hall–Kier alpha value is -2.35. The highest BCUT2D eigenvalue weighted by Crippen LogP contribution is 2.52. The molecule has 42 heavy (non-hydrogen) atoms. The molecule has 0 bridgehead atoms. The van der Waals surface area contributed by atoms with Crippen molar-refractivity contribution in [2.45, 2.75) is 115 Å². The molecule has 1 amide bonds. The number of carbonyl (C=O) groups excluding carboxylic acids is 1. The molecule has 3 aliphatic carbocycles. The molecule has 230 valence electrons. The van der Waals surface area contributed by atoms with Gasteiger partial charge >= 0.3 is 5.97 Å². The molecule has 8 heteroatoms. The number of nitrogens with zero attached hydrogens (tertiary/aromatic N) is 1. The van der Waals surface area contributed by atoms with Crippen molar-refractivity contribution >= 4 is 23.6 Å². The third kappa shape index (κ3) is 6.15. The molecule has 3 heterocycles. The quantitative estimate of drug-likeness (QED) is 0.232. The molecule has 2 saturated carbocycles. The fourth-order valence-corrected chi connectivity index (χ4v) is 9.50. The number of thioether (sulfide) groups is 1. The lowest BCUT2D eigenvalue weighted by Gasteiger charge is -2.38.